The van der Waals surface area contributed by atoms with Gasteiger partial charge in [0.15, 0.2) is 0 Å². The molecule has 0 atom stereocenters. The van der Waals surface area contributed by atoms with Crippen LogP contribution in [0.2, 0.25) is 10.0 Å². The van der Waals surface area contributed by atoms with Crippen molar-refractivity contribution < 1.29 is 13.2 Å². The normalized spacial score (nSPS) is 14.5. The van der Waals surface area contributed by atoms with Crippen LogP contribution in [-0.4, -0.2) is 44.5 Å². The molecule has 162 valence electrons. The summed E-state index contributed by atoms with van der Waals surface area (Å²) in [6, 6.07) is 12.9. The molecule has 0 amide bonds. The van der Waals surface area contributed by atoms with Gasteiger partial charge in [0.05, 0.1) is 35.0 Å². The van der Waals surface area contributed by atoms with Crippen molar-refractivity contribution >= 4 is 44.6 Å². The Morgan fingerprint density at radius 1 is 0.935 bits per heavy atom. The minimum Gasteiger partial charge on any atom is -0.378 e. The smallest absolute Gasteiger partial charge is 0.291 e. The molecule has 1 aliphatic heterocycles. The number of hydrogen-bond donors (Lipinski definition) is 1. The van der Waals surface area contributed by atoms with E-state index >= 15 is 0 Å². The summed E-state index contributed by atoms with van der Waals surface area (Å²) in [7, 11) is -3.81. The summed E-state index contributed by atoms with van der Waals surface area (Å²) in [5.74, 6) is 0. The summed E-state index contributed by atoms with van der Waals surface area (Å²) in [4.78, 5) is 14.4. The molecule has 1 fully saturated rings. The third kappa shape index (κ3) is 4.69. The molecule has 2 aromatic carbocycles. The Morgan fingerprint density at radius 3 is 2.19 bits per heavy atom. The molecular formula is C20H18Cl2N4O4S. The van der Waals surface area contributed by atoms with Gasteiger partial charge in [0.2, 0.25) is 0 Å². The van der Waals surface area contributed by atoms with Gasteiger partial charge in [-0.25, -0.2) is 8.42 Å². The first-order valence-corrected chi connectivity index (χ1v) is 11.6. The van der Waals surface area contributed by atoms with E-state index in [1.54, 1.807) is 12.1 Å². The number of nitrogens with one attached hydrogen (secondary N) is 1. The second kappa shape index (κ2) is 8.88. The van der Waals surface area contributed by atoms with E-state index < -0.39 is 15.6 Å². The Labute approximate surface area is 189 Å². The van der Waals surface area contributed by atoms with E-state index in [1.165, 1.54) is 30.5 Å². The fourth-order valence-corrected chi connectivity index (χ4v) is 4.45. The Kier molecular flexibility index (Phi) is 6.19. The number of nitrogens with zero attached hydrogens (tertiary/aromatic N) is 3. The van der Waals surface area contributed by atoms with Gasteiger partial charge in [0.25, 0.3) is 15.6 Å². The van der Waals surface area contributed by atoms with Crippen LogP contribution >= 0.6 is 23.2 Å². The highest BCUT2D eigenvalue weighted by molar-refractivity contribution is 7.92. The summed E-state index contributed by atoms with van der Waals surface area (Å²) in [5, 5.41) is 3.82. The van der Waals surface area contributed by atoms with Gasteiger partial charge in [-0.05, 0) is 48.5 Å². The van der Waals surface area contributed by atoms with Crippen LogP contribution < -0.4 is 15.2 Å². The first-order valence-electron chi connectivity index (χ1n) is 9.34. The molecule has 8 nitrogen and oxygen atoms in total. The maximum absolute atomic E-state index is 12.7. The number of benzene rings is 2. The Balaban J connectivity index is 1.51. The van der Waals surface area contributed by atoms with E-state index in [0.29, 0.717) is 24.6 Å². The van der Waals surface area contributed by atoms with Crippen LogP contribution in [0.3, 0.4) is 0 Å². The fourth-order valence-electron chi connectivity index (χ4n) is 3.14. The number of halogens is 2. The van der Waals surface area contributed by atoms with Crippen LogP contribution in [0.1, 0.15) is 0 Å². The summed E-state index contributed by atoms with van der Waals surface area (Å²) < 4.78 is 34.4. The Morgan fingerprint density at radius 2 is 1.55 bits per heavy atom. The maximum Gasteiger partial charge on any atom is 0.291 e. The van der Waals surface area contributed by atoms with E-state index in [1.807, 2.05) is 12.1 Å². The molecule has 11 heteroatoms. The summed E-state index contributed by atoms with van der Waals surface area (Å²) in [6.45, 7) is 2.95. The lowest BCUT2D eigenvalue weighted by molar-refractivity contribution is 0.122. The topological polar surface area (TPSA) is 93.5 Å². The van der Waals surface area contributed by atoms with E-state index in [4.69, 9.17) is 27.9 Å². The van der Waals surface area contributed by atoms with Crippen molar-refractivity contribution in [3.05, 3.63) is 75.1 Å². The molecule has 0 aliphatic carbocycles. The second-order valence-corrected chi connectivity index (χ2v) is 9.24. The zero-order valence-electron chi connectivity index (χ0n) is 16.2. The minimum absolute atomic E-state index is 0.0432. The van der Waals surface area contributed by atoms with Gasteiger partial charge in [0, 0.05) is 24.5 Å². The van der Waals surface area contributed by atoms with Crippen molar-refractivity contribution in [3.8, 4) is 5.69 Å². The quantitative estimate of drug-likeness (QED) is 0.602. The standard InChI is InChI=1S/C20H18Cl2N4O4S/c21-18-13-23-26(20(27)19(18)22)16-5-7-17(8-6-16)31(28,29)24-14-1-3-15(4-2-14)25-9-11-30-12-10-25/h1-8,13,24H,9-12H2. The zero-order chi connectivity index (χ0) is 22.0. The molecule has 0 saturated carbocycles. The van der Waals surface area contributed by atoms with Crippen molar-refractivity contribution in [2.75, 3.05) is 35.9 Å². The molecule has 0 unspecified atom stereocenters. The molecule has 0 bridgehead atoms. The van der Waals surface area contributed by atoms with Gasteiger partial charge in [-0.1, -0.05) is 23.2 Å². The van der Waals surface area contributed by atoms with Crippen molar-refractivity contribution in [3.63, 3.8) is 0 Å². The molecule has 1 aliphatic rings. The van der Waals surface area contributed by atoms with Crippen molar-refractivity contribution in [1.29, 1.82) is 0 Å². The molecule has 31 heavy (non-hydrogen) atoms. The van der Waals surface area contributed by atoms with Crippen molar-refractivity contribution in [2.45, 2.75) is 4.90 Å². The number of morpholine rings is 1. The van der Waals surface area contributed by atoms with Crippen LogP contribution in [0.25, 0.3) is 5.69 Å². The van der Waals surface area contributed by atoms with Crippen LogP contribution in [0.15, 0.2) is 64.4 Å². The van der Waals surface area contributed by atoms with Gasteiger partial charge < -0.3 is 9.64 Å². The zero-order valence-corrected chi connectivity index (χ0v) is 18.5. The number of aromatic nitrogens is 2. The number of anilines is 2. The average Bonchev–Trinajstić information content (AvgIpc) is 2.79. The first-order chi connectivity index (χ1) is 14.8. The third-order valence-corrected chi connectivity index (χ3v) is 6.91. The largest absolute Gasteiger partial charge is 0.378 e. The highest BCUT2D eigenvalue weighted by Gasteiger charge is 2.16. The highest BCUT2D eigenvalue weighted by atomic mass is 35.5. The van der Waals surface area contributed by atoms with E-state index in [9.17, 15) is 13.2 Å². The number of hydrogen-bond acceptors (Lipinski definition) is 6. The summed E-state index contributed by atoms with van der Waals surface area (Å²) in [6.07, 6.45) is 1.25. The van der Waals surface area contributed by atoms with Gasteiger partial charge in [-0.15, -0.1) is 0 Å². The molecule has 1 aromatic heterocycles. The number of sulfonamides is 1. The predicted molar refractivity (Wildman–Crippen MR) is 120 cm³/mol. The van der Waals surface area contributed by atoms with E-state index in [-0.39, 0.29) is 14.9 Å². The SMILES string of the molecule is O=c1c(Cl)c(Cl)cnn1-c1ccc(S(=O)(=O)Nc2ccc(N3CCOCC3)cc2)cc1. The van der Waals surface area contributed by atoms with Gasteiger partial charge in [0.1, 0.15) is 5.02 Å². The lowest BCUT2D eigenvalue weighted by atomic mass is 10.2. The lowest BCUT2D eigenvalue weighted by Gasteiger charge is -2.28. The first kappa shape index (κ1) is 21.6. The van der Waals surface area contributed by atoms with Crippen molar-refractivity contribution in [2.24, 2.45) is 0 Å². The van der Waals surface area contributed by atoms with Gasteiger partial charge >= 0.3 is 0 Å². The van der Waals surface area contributed by atoms with Crippen LogP contribution in [-0.2, 0) is 14.8 Å². The predicted octanol–water partition coefficient (Wildman–Crippen LogP) is 3.18. The molecule has 0 spiro atoms. The van der Waals surface area contributed by atoms with Crippen LogP contribution in [0.5, 0.6) is 0 Å². The third-order valence-electron chi connectivity index (χ3n) is 4.76. The molecule has 4 rings (SSSR count). The second-order valence-electron chi connectivity index (χ2n) is 6.77. The number of ether oxygens (including phenoxy) is 1. The van der Waals surface area contributed by atoms with Gasteiger partial charge in [-0.3, -0.25) is 9.52 Å². The Hall–Kier alpha value is -2.59. The van der Waals surface area contributed by atoms with Crippen molar-refractivity contribution in [1.82, 2.24) is 9.78 Å². The number of rotatable bonds is 5. The van der Waals surface area contributed by atoms with Crippen LogP contribution in [0.4, 0.5) is 11.4 Å². The monoisotopic (exact) mass is 480 g/mol. The Bertz CT molecular complexity index is 1240. The summed E-state index contributed by atoms with van der Waals surface area (Å²) in [5.41, 5.74) is 1.22. The molecule has 3 aromatic rings. The maximum atomic E-state index is 12.7. The molecular weight excluding hydrogens is 463 g/mol. The lowest BCUT2D eigenvalue weighted by Crippen LogP contribution is -2.36. The molecule has 1 N–H and O–H groups in total. The fraction of sp³-hybridized carbons (Fsp3) is 0.200. The van der Waals surface area contributed by atoms with Gasteiger partial charge in [-0.2, -0.15) is 9.78 Å². The van der Waals surface area contributed by atoms with Crippen LogP contribution in [0, 0.1) is 0 Å². The molecule has 1 saturated heterocycles. The minimum atomic E-state index is -3.81. The molecule has 2 heterocycles. The van der Waals surface area contributed by atoms with E-state index in [0.717, 1.165) is 23.5 Å². The highest BCUT2D eigenvalue weighted by Crippen LogP contribution is 2.22. The summed E-state index contributed by atoms with van der Waals surface area (Å²) >= 11 is 11.7. The molecule has 0 radical (unpaired) electrons. The van der Waals surface area contributed by atoms with E-state index in [2.05, 4.69) is 14.7 Å². The average molecular weight is 481 g/mol.